The van der Waals surface area contributed by atoms with Crippen LogP contribution in [0, 0.1) is 11.6 Å². The molecule has 1 N–H and O–H groups in total. The molecule has 0 aromatic heterocycles. The van der Waals surface area contributed by atoms with Crippen LogP contribution < -0.4 is 10.2 Å². The minimum atomic E-state index is -1.05. The lowest BCUT2D eigenvalue weighted by Crippen LogP contribution is -2.40. The molecular formula is C13H14F2N2O2. The summed E-state index contributed by atoms with van der Waals surface area (Å²) in [6.45, 7) is 1.07. The van der Waals surface area contributed by atoms with Crippen molar-refractivity contribution in [1.29, 1.82) is 0 Å². The quantitative estimate of drug-likeness (QED) is 0.901. The highest BCUT2D eigenvalue weighted by Crippen LogP contribution is 2.20. The van der Waals surface area contributed by atoms with Gasteiger partial charge in [0, 0.05) is 24.7 Å². The van der Waals surface area contributed by atoms with Crippen LogP contribution in [0.5, 0.6) is 0 Å². The lowest BCUT2D eigenvalue weighted by atomic mass is 10.2. The standard InChI is InChI=1S/C13H14F2N2O2/c1-8(18)17(7-13(19)16-9-2-3-9)10-4-5-11(14)12(15)6-10/h4-6,9H,2-3,7H2,1H3,(H,16,19). The normalized spacial score (nSPS) is 14.1. The Morgan fingerprint density at radius 3 is 2.53 bits per heavy atom. The van der Waals surface area contributed by atoms with Gasteiger partial charge in [-0.2, -0.15) is 0 Å². The fourth-order valence-electron chi connectivity index (χ4n) is 1.68. The van der Waals surface area contributed by atoms with Gasteiger partial charge in [0.15, 0.2) is 11.6 Å². The summed E-state index contributed by atoms with van der Waals surface area (Å²) >= 11 is 0. The highest BCUT2D eigenvalue weighted by atomic mass is 19.2. The van der Waals surface area contributed by atoms with Crippen LogP contribution in [-0.2, 0) is 9.59 Å². The second-order valence-corrected chi connectivity index (χ2v) is 4.55. The maximum Gasteiger partial charge on any atom is 0.240 e. The van der Waals surface area contributed by atoms with E-state index in [0.29, 0.717) is 0 Å². The Balaban J connectivity index is 2.11. The van der Waals surface area contributed by atoms with E-state index in [1.807, 2.05) is 0 Å². The van der Waals surface area contributed by atoms with Gasteiger partial charge in [0.2, 0.25) is 11.8 Å². The van der Waals surface area contributed by atoms with Crippen LogP contribution in [-0.4, -0.2) is 24.4 Å². The zero-order chi connectivity index (χ0) is 14.0. The first kappa shape index (κ1) is 13.5. The molecule has 1 aromatic rings. The molecule has 0 unspecified atom stereocenters. The molecular weight excluding hydrogens is 254 g/mol. The average Bonchev–Trinajstić information content (AvgIpc) is 3.13. The third kappa shape index (κ3) is 3.49. The van der Waals surface area contributed by atoms with Crippen LogP contribution in [0.15, 0.2) is 18.2 Å². The van der Waals surface area contributed by atoms with E-state index in [2.05, 4.69) is 5.32 Å². The summed E-state index contributed by atoms with van der Waals surface area (Å²) in [5, 5.41) is 2.73. The first-order chi connectivity index (χ1) is 8.97. The van der Waals surface area contributed by atoms with Crippen molar-refractivity contribution in [2.75, 3.05) is 11.4 Å². The van der Waals surface area contributed by atoms with Gasteiger partial charge >= 0.3 is 0 Å². The van der Waals surface area contributed by atoms with Gasteiger partial charge in [0.1, 0.15) is 6.54 Å². The second kappa shape index (κ2) is 5.34. The molecule has 1 aromatic carbocycles. The lowest BCUT2D eigenvalue weighted by Gasteiger charge is -2.20. The lowest BCUT2D eigenvalue weighted by molar-refractivity contribution is -0.123. The van der Waals surface area contributed by atoms with Crippen LogP contribution >= 0.6 is 0 Å². The Hall–Kier alpha value is -1.98. The molecule has 2 amide bonds. The van der Waals surface area contributed by atoms with E-state index >= 15 is 0 Å². The number of hydrogen-bond acceptors (Lipinski definition) is 2. The molecule has 2 rings (SSSR count). The highest BCUT2D eigenvalue weighted by molar-refractivity contribution is 5.97. The van der Waals surface area contributed by atoms with Gasteiger partial charge in [0.25, 0.3) is 0 Å². The van der Waals surface area contributed by atoms with Crippen LogP contribution in [0.3, 0.4) is 0 Å². The van der Waals surface area contributed by atoms with Crippen LogP contribution in [0.1, 0.15) is 19.8 Å². The van der Waals surface area contributed by atoms with Crippen LogP contribution in [0.4, 0.5) is 14.5 Å². The largest absolute Gasteiger partial charge is 0.352 e. The third-order valence-electron chi connectivity index (χ3n) is 2.84. The average molecular weight is 268 g/mol. The van der Waals surface area contributed by atoms with Crippen molar-refractivity contribution in [2.24, 2.45) is 0 Å². The maximum absolute atomic E-state index is 13.1. The van der Waals surface area contributed by atoms with E-state index < -0.39 is 17.5 Å². The number of hydrogen-bond donors (Lipinski definition) is 1. The number of nitrogens with zero attached hydrogens (tertiary/aromatic N) is 1. The molecule has 0 radical (unpaired) electrons. The van der Waals surface area contributed by atoms with Crippen molar-refractivity contribution in [3.05, 3.63) is 29.8 Å². The van der Waals surface area contributed by atoms with E-state index in [1.54, 1.807) is 0 Å². The summed E-state index contributed by atoms with van der Waals surface area (Å²) < 4.78 is 26.0. The number of nitrogens with one attached hydrogen (secondary N) is 1. The van der Waals surface area contributed by atoms with E-state index in [4.69, 9.17) is 0 Å². The first-order valence-corrected chi connectivity index (χ1v) is 6.00. The fraction of sp³-hybridized carbons (Fsp3) is 0.385. The molecule has 1 aliphatic carbocycles. The minimum absolute atomic E-state index is 0.164. The Morgan fingerprint density at radius 2 is 2.00 bits per heavy atom. The Morgan fingerprint density at radius 1 is 1.32 bits per heavy atom. The van der Waals surface area contributed by atoms with Crippen molar-refractivity contribution >= 4 is 17.5 Å². The van der Waals surface area contributed by atoms with Crippen molar-refractivity contribution in [2.45, 2.75) is 25.8 Å². The van der Waals surface area contributed by atoms with E-state index in [0.717, 1.165) is 29.9 Å². The molecule has 1 fully saturated rings. The number of rotatable bonds is 4. The number of carbonyl (C=O) groups is 2. The summed E-state index contributed by atoms with van der Waals surface area (Å²) in [6, 6.07) is 3.29. The van der Waals surface area contributed by atoms with Crippen LogP contribution in [0.2, 0.25) is 0 Å². The topological polar surface area (TPSA) is 49.4 Å². The summed E-state index contributed by atoms with van der Waals surface area (Å²) in [5.74, 6) is -2.75. The zero-order valence-electron chi connectivity index (χ0n) is 10.5. The molecule has 19 heavy (non-hydrogen) atoms. The van der Waals surface area contributed by atoms with E-state index in [-0.39, 0.29) is 24.2 Å². The molecule has 4 nitrogen and oxygen atoms in total. The van der Waals surface area contributed by atoms with Crippen LogP contribution in [0.25, 0.3) is 0 Å². The Bertz CT molecular complexity index is 515. The summed E-state index contributed by atoms with van der Waals surface area (Å²) in [5.41, 5.74) is 0.164. The molecule has 0 aliphatic heterocycles. The van der Waals surface area contributed by atoms with Gasteiger partial charge in [-0.15, -0.1) is 0 Å². The predicted molar refractivity (Wildman–Crippen MR) is 65.5 cm³/mol. The van der Waals surface area contributed by atoms with Gasteiger partial charge in [-0.1, -0.05) is 0 Å². The van der Waals surface area contributed by atoms with Crippen molar-refractivity contribution < 1.29 is 18.4 Å². The van der Waals surface area contributed by atoms with Crippen molar-refractivity contribution in [1.82, 2.24) is 5.32 Å². The highest BCUT2D eigenvalue weighted by Gasteiger charge is 2.25. The Kier molecular flexibility index (Phi) is 3.78. The fourth-order valence-corrected chi connectivity index (χ4v) is 1.68. The predicted octanol–water partition coefficient (Wildman–Crippen LogP) is 1.60. The summed E-state index contributed by atoms with van der Waals surface area (Å²) in [7, 11) is 0. The van der Waals surface area contributed by atoms with Gasteiger partial charge < -0.3 is 10.2 Å². The molecule has 1 saturated carbocycles. The van der Waals surface area contributed by atoms with Gasteiger partial charge in [0.05, 0.1) is 0 Å². The van der Waals surface area contributed by atoms with E-state index in [9.17, 15) is 18.4 Å². The Labute approximate surface area is 109 Å². The maximum atomic E-state index is 13.1. The molecule has 6 heteroatoms. The van der Waals surface area contributed by atoms with Crippen molar-refractivity contribution in [3.63, 3.8) is 0 Å². The molecule has 1 aliphatic rings. The van der Waals surface area contributed by atoms with Gasteiger partial charge in [-0.3, -0.25) is 9.59 Å². The van der Waals surface area contributed by atoms with Gasteiger partial charge in [-0.05, 0) is 25.0 Å². The zero-order valence-corrected chi connectivity index (χ0v) is 10.5. The SMILES string of the molecule is CC(=O)N(CC(=O)NC1CC1)c1ccc(F)c(F)c1. The minimum Gasteiger partial charge on any atom is -0.352 e. The molecule has 102 valence electrons. The summed E-state index contributed by atoms with van der Waals surface area (Å²) in [4.78, 5) is 24.3. The summed E-state index contributed by atoms with van der Waals surface area (Å²) in [6.07, 6.45) is 1.88. The van der Waals surface area contributed by atoms with E-state index in [1.165, 1.54) is 13.0 Å². The first-order valence-electron chi connectivity index (χ1n) is 6.00. The molecule has 0 bridgehead atoms. The number of anilines is 1. The number of carbonyl (C=O) groups excluding carboxylic acids is 2. The smallest absolute Gasteiger partial charge is 0.240 e. The van der Waals surface area contributed by atoms with Crippen molar-refractivity contribution in [3.8, 4) is 0 Å². The second-order valence-electron chi connectivity index (χ2n) is 4.55. The molecule has 0 saturated heterocycles. The molecule has 0 spiro atoms. The van der Waals surface area contributed by atoms with Gasteiger partial charge in [-0.25, -0.2) is 8.78 Å². The number of halogens is 2. The number of benzene rings is 1. The monoisotopic (exact) mass is 268 g/mol. The molecule has 0 atom stereocenters. The number of amides is 2. The third-order valence-corrected chi connectivity index (χ3v) is 2.84. The molecule has 0 heterocycles.